The zero-order valence-corrected chi connectivity index (χ0v) is 12.0. The average molecular weight is 300 g/mol. The molecule has 0 aromatic carbocycles. The molecule has 2 rings (SSSR count). The van der Waals surface area contributed by atoms with Gasteiger partial charge in [0.05, 0.1) is 10.7 Å². The van der Waals surface area contributed by atoms with Crippen molar-refractivity contribution in [1.29, 1.82) is 0 Å². The number of nitrogens with zero attached hydrogens (tertiary/aromatic N) is 2. The topological polar surface area (TPSA) is 46.9 Å². The summed E-state index contributed by atoms with van der Waals surface area (Å²) in [5.41, 5.74) is 0.404. The van der Waals surface area contributed by atoms with Gasteiger partial charge in [0.25, 0.3) is 0 Å². The van der Waals surface area contributed by atoms with Gasteiger partial charge >= 0.3 is 0 Å². The number of carbonyl (C=O) groups excluding carboxylic acids is 1. The number of aromatic nitrogens is 2. The molecule has 1 fully saturated rings. The Morgan fingerprint density at radius 3 is 2.88 bits per heavy atom. The predicted molar refractivity (Wildman–Crippen MR) is 70.2 cm³/mol. The summed E-state index contributed by atoms with van der Waals surface area (Å²) in [6, 6.07) is 0.193. The van der Waals surface area contributed by atoms with Crippen molar-refractivity contribution in [2.45, 2.75) is 33.2 Å². The molecule has 5 heteroatoms. The van der Waals surface area contributed by atoms with Gasteiger partial charge in [0, 0.05) is 18.0 Å². The molecule has 0 amide bonds. The second kappa shape index (κ2) is 4.53. The van der Waals surface area contributed by atoms with E-state index in [1.807, 2.05) is 20.8 Å². The molecular formula is C12H18BrN3O. The summed E-state index contributed by atoms with van der Waals surface area (Å²) >= 11 is 3.43. The van der Waals surface area contributed by atoms with Crippen molar-refractivity contribution >= 4 is 21.7 Å². The van der Waals surface area contributed by atoms with Gasteiger partial charge in [-0.1, -0.05) is 6.92 Å². The van der Waals surface area contributed by atoms with Crippen LogP contribution < -0.4 is 5.32 Å². The van der Waals surface area contributed by atoms with Crippen LogP contribution in [0.25, 0.3) is 0 Å². The second-order valence-electron chi connectivity index (χ2n) is 5.20. The molecule has 2 heterocycles. The van der Waals surface area contributed by atoms with Gasteiger partial charge in [0.15, 0.2) is 5.78 Å². The maximum atomic E-state index is 12.6. The first-order valence-corrected chi connectivity index (χ1v) is 6.73. The van der Waals surface area contributed by atoms with Gasteiger partial charge in [0.1, 0.15) is 5.69 Å². The maximum Gasteiger partial charge on any atom is 0.189 e. The lowest BCUT2D eigenvalue weighted by atomic mass is 9.83. The molecule has 1 unspecified atom stereocenters. The van der Waals surface area contributed by atoms with Crippen LogP contribution in [-0.2, 0) is 0 Å². The first-order valence-electron chi connectivity index (χ1n) is 5.94. The molecule has 1 saturated heterocycles. The molecule has 1 aromatic heterocycles. The summed E-state index contributed by atoms with van der Waals surface area (Å²) in [7, 11) is 0. The molecule has 1 N–H and O–H groups in total. The fourth-order valence-corrected chi connectivity index (χ4v) is 2.70. The summed E-state index contributed by atoms with van der Waals surface area (Å²) in [5.74, 6) is 0.181. The molecule has 17 heavy (non-hydrogen) atoms. The third-order valence-corrected chi connectivity index (χ3v) is 3.95. The van der Waals surface area contributed by atoms with Crippen LogP contribution in [0.5, 0.6) is 0 Å². The summed E-state index contributed by atoms with van der Waals surface area (Å²) in [6.45, 7) is 7.76. The summed E-state index contributed by atoms with van der Waals surface area (Å²) < 4.78 is 2.60. The molecule has 0 spiro atoms. The van der Waals surface area contributed by atoms with Gasteiger partial charge in [-0.15, -0.1) is 0 Å². The number of halogens is 1. The highest BCUT2D eigenvalue weighted by molar-refractivity contribution is 9.10. The van der Waals surface area contributed by atoms with Crippen molar-refractivity contribution in [3.05, 3.63) is 16.4 Å². The Balaban J connectivity index is 2.39. The van der Waals surface area contributed by atoms with E-state index in [1.165, 1.54) is 0 Å². The van der Waals surface area contributed by atoms with E-state index < -0.39 is 0 Å². The van der Waals surface area contributed by atoms with Crippen LogP contribution in [0.15, 0.2) is 10.7 Å². The molecule has 1 atom stereocenters. The van der Waals surface area contributed by atoms with E-state index >= 15 is 0 Å². The van der Waals surface area contributed by atoms with Crippen molar-refractivity contribution in [3.63, 3.8) is 0 Å². The minimum atomic E-state index is -0.296. The molecule has 4 nitrogen and oxygen atoms in total. The monoisotopic (exact) mass is 299 g/mol. The fraction of sp³-hybridized carbons (Fsp3) is 0.667. The van der Waals surface area contributed by atoms with Crippen LogP contribution in [0.4, 0.5) is 0 Å². The van der Waals surface area contributed by atoms with Crippen molar-refractivity contribution in [2.24, 2.45) is 5.41 Å². The minimum Gasteiger partial charge on any atom is -0.316 e. The van der Waals surface area contributed by atoms with Crippen molar-refractivity contribution in [1.82, 2.24) is 15.1 Å². The zero-order chi connectivity index (χ0) is 12.6. The smallest absolute Gasteiger partial charge is 0.189 e. The van der Waals surface area contributed by atoms with Crippen LogP contribution in [0.2, 0.25) is 0 Å². The Morgan fingerprint density at radius 2 is 2.35 bits per heavy atom. The molecule has 0 bridgehead atoms. The third-order valence-electron chi connectivity index (χ3n) is 3.37. The highest BCUT2D eigenvalue weighted by Crippen LogP contribution is 2.32. The SMILES string of the molecule is CC(C)n1ncc(Br)c1C(=O)C1(C)CCNC1. The Hall–Kier alpha value is -0.680. The summed E-state index contributed by atoms with van der Waals surface area (Å²) in [6.07, 6.45) is 2.60. The third kappa shape index (κ3) is 2.18. The normalized spacial score (nSPS) is 24.5. The van der Waals surface area contributed by atoms with Crippen LogP contribution in [-0.4, -0.2) is 28.7 Å². The Labute approximate surface area is 110 Å². The predicted octanol–water partition coefficient (Wildman–Crippen LogP) is 2.41. The molecule has 1 aliphatic heterocycles. The number of hydrogen-bond donors (Lipinski definition) is 1. The van der Waals surface area contributed by atoms with Crippen LogP contribution in [0.1, 0.15) is 43.7 Å². The van der Waals surface area contributed by atoms with Gasteiger partial charge in [0.2, 0.25) is 0 Å². The highest BCUT2D eigenvalue weighted by Gasteiger charge is 2.39. The lowest BCUT2D eigenvalue weighted by molar-refractivity contribution is 0.0824. The number of ketones is 1. The van der Waals surface area contributed by atoms with Crippen molar-refractivity contribution in [3.8, 4) is 0 Å². The molecule has 0 radical (unpaired) electrons. The minimum absolute atomic E-state index is 0.181. The summed E-state index contributed by atoms with van der Waals surface area (Å²) in [4.78, 5) is 12.6. The second-order valence-corrected chi connectivity index (χ2v) is 6.05. The van der Waals surface area contributed by atoms with Crippen LogP contribution in [0, 0.1) is 5.41 Å². The van der Waals surface area contributed by atoms with E-state index in [-0.39, 0.29) is 17.2 Å². The Morgan fingerprint density at radius 1 is 1.65 bits per heavy atom. The number of Topliss-reactive ketones (excluding diaryl/α,β-unsaturated/α-hetero) is 1. The summed E-state index contributed by atoms with van der Waals surface area (Å²) in [5, 5.41) is 7.53. The maximum absolute atomic E-state index is 12.6. The number of nitrogens with one attached hydrogen (secondary N) is 1. The van der Waals surface area contributed by atoms with E-state index in [4.69, 9.17) is 0 Å². The molecule has 0 saturated carbocycles. The molecule has 1 aliphatic rings. The van der Waals surface area contributed by atoms with Gasteiger partial charge in [-0.25, -0.2) is 0 Å². The Bertz CT molecular complexity index is 433. The molecule has 0 aliphatic carbocycles. The lowest BCUT2D eigenvalue weighted by Crippen LogP contribution is -2.32. The fourth-order valence-electron chi connectivity index (χ4n) is 2.24. The molecule has 1 aromatic rings. The van der Waals surface area contributed by atoms with Gasteiger partial charge in [-0.05, 0) is 42.7 Å². The van der Waals surface area contributed by atoms with E-state index in [0.29, 0.717) is 5.69 Å². The number of rotatable bonds is 3. The first kappa shape index (κ1) is 12.8. The zero-order valence-electron chi connectivity index (χ0n) is 10.5. The highest BCUT2D eigenvalue weighted by atomic mass is 79.9. The van der Waals surface area contributed by atoms with Gasteiger partial charge < -0.3 is 5.32 Å². The number of carbonyl (C=O) groups is 1. The van der Waals surface area contributed by atoms with E-state index in [0.717, 1.165) is 24.0 Å². The van der Waals surface area contributed by atoms with E-state index in [2.05, 4.69) is 26.3 Å². The standard InChI is InChI=1S/C12H18BrN3O/c1-8(2)16-10(9(13)6-15-16)11(17)12(3)4-5-14-7-12/h6,8,14H,4-5,7H2,1-3H3. The number of hydrogen-bond acceptors (Lipinski definition) is 3. The van der Waals surface area contributed by atoms with Crippen LogP contribution >= 0.6 is 15.9 Å². The van der Waals surface area contributed by atoms with Gasteiger partial charge in [-0.3, -0.25) is 9.48 Å². The average Bonchev–Trinajstić information content (AvgIpc) is 2.85. The Kier molecular flexibility index (Phi) is 3.41. The van der Waals surface area contributed by atoms with Crippen LogP contribution in [0.3, 0.4) is 0 Å². The lowest BCUT2D eigenvalue weighted by Gasteiger charge is -2.22. The van der Waals surface area contributed by atoms with Gasteiger partial charge in [-0.2, -0.15) is 5.10 Å². The van der Waals surface area contributed by atoms with Crippen molar-refractivity contribution < 1.29 is 4.79 Å². The van der Waals surface area contributed by atoms with Crippen molar-refractivity contribution in [2.75, 3.05) is 13.1 Å². The van der Waals surface area contributed by atoms with E-state index in [1.54, 1.807) is 10.9 Å². The quantitative estimate of drug-likeness (QED) is 0.872. The first-order chi connectivity index (χ1) is 7.96. The largest absolute Gasteiger partial charge is 0.316 e. The molecule has 94 valence electrons. The van der Waals surface area contributed by atoms with E-state index in [9.17, 15) is 4.79 Å². The molecular weight excluding hydrogens is 282 g/mol.